The molecule has 10 nitrogen and oxygen atoms in total. The van der Waals surface area contributed by atoms with Crippen molar-refractivity contribution in [1.82, 2.24) is 15.0 Å². The third kappa shape index (κ3) is 5.60. The van der Waals surface area contributed by atoms with Gasteiger partial charge in [-0.2, -0.15) is 4.98 Å². The molecule has 1 aromatic heterocycles. The van der Waals surface area contributed by atoms with Gasteiger partial charge in [-0.1, -0.05) is 5.16 Å². The molecule has 0 aliphatic rings. The van der Waals surface area contributed by atoms with E-state index >= 15 is 0 Å². The maximum absolute atomic E-state index is 11.7. The van der Waals surface area contributed by atoms with Gasteiger partial charge in [-0.25, -0.2) is 0 Å². The second-order valence-electron chi connectivity index (χ2n) is 5.32. The summed E-state index contributed by atoms with van der Waals surface area (Å²) in [4.78, 5) is 28.0. The molecule has 0 aliphatic carbocycles. The first kappa shape index (κ1) is 19.5. The number of benzene rings is 1. The van der Waals surface area contributed by atoms with E-state index in [1.165, 1.54) is 12.1 Å². The van der Waals surface area contributed by atoms with E-state index in [0.29, 0.717) is 37.0 Å². The standard InChI is InChI=1S/C16H20N4O6/c1-3-25-15(21)11-19(8-9-24-2)10-14-17-16(18-26-14)12-4-6-13(7-5-12)20(22)23/h4-7H,3,8-11H2,1-2H3. The summed E-state index contributed by atoms with van der Waals surface area (Å²) < 4.78 is 15.2. The van der Waals surface area contributed by atoms with Crippen LogP contribution in [0.4, 0.5) is 5.69 Å². The molecule has 0 N–H and O–H groups in total. The van der Waals surface area contributed by atoms with Crippen LogP contribution in [-0.4, -0.2) is 59.3 Å². The van der Waals surface area contributed by atoms with Crippen LogP contribution >= 0.6 is 0 Å². The van der Waals surface area contributed by atoms with Gasteiger partial charge in [-0.05, 0) is 19.1 Å². The van der Waals surface area contributed by atoms with Crippen molar-refractivity contribution in [3.8, 4) is 11.4 Å². The van der Waals surface area contributed by atoms with Crippen LogP contribution in [0.1, 0.15) is 12.8 Å². The number of carbonyl (C=O) groups excluding carboxylic acids is 1. The minimum absolute atomic E-state index is 0.0161. The van der Waals surface area contributed by atoms with Crippen molar-refractivity contribution < 1.29 is 23.7 Å². The number of nitro groups is 1. The highest BCUT2D eigenvalue weighted by molar-refractivity contribution is 5.71. The molecule has 2 rings (SSSR count). The molecule has 26 heavy (non-hydrogen) atoms. The van der Waals surface area contributed by atoms with Gasteiger partial charge in [0.25, 0.3) is 5.69 Å². The van der Waals surface area contributed by atoms with E-state index in [9.17, 15) is 14.9 Å². The van der Waals surface area contributed by atoms with Crippen molar-refractivity contribution in [3.05, 3.63) is 40.3 Å². The van der Waals surface area contributed by atoms with Crippen LogP contribution in [0.2, 0.25) is 0 Å². The van der Waals surface area contributed by atoms with E-state index in [1.807, 2.05) is 0 Å². The van der Waals surface area contributed by atoms with Gasteiger partial charge in [0, 0.05) is 31.4 Å². The molecule has 1 heterocycles. The van der Waals surface area contributed by atoms with E-state index in [4.69, 9.17) is 14.0 Å². The van der Waals surface area contributed by atoms with Crippen LogP contribution in [-0.2, 0) is 20.8 Å². The summed E-state index contributed by atoms with van der Waals surface area (Å²) in [6.07, 6.45) is 0. The molecule has 0 fully saturated rings. The number of aromatic nitrogens is 2. The fourth-order valence-corrected chi connectivity index (χ4v) is 2.18. The Hall–Kier alpha value is -2.85. The highest BCUT2D eigenvalue weighted by Gasteiger charge is 2.17. The largest absolute Gasteiger partial charge is 0.465 e. The Balaban J connectivity index is 2.05. The first-order valence-corrected chi connectivity index (χ1v) is 7.97. The zero-order chi connectivity index (χ0) is 18.9. The highest BCUT2D eigenvalue weighted by atomic mass is 16.6. The summed E-state index contributed by atoms with van der Waals surface area (Å²) >= 11 is 0. The van der Waals surface area contributed by atoms with Gasteiger partial charge < -0.3 is 14.0 Å². The fraction of sp³-hybridized carbons (Fsp3) is 0.438. The molecule has 0 unspecified atom stereocenters. The molecule has 0 saturated carbocycles. The summed E-state index contributed by atoms with van der Waals surface area (Å²) in [6.45, 7) is 3.30. The van der Waals surface area contributed by atoms with Gasteiger partial charge in [0.1, 0.15) is 0 Å². The normalized spacial score (nSPS) is 10.9. The molecule has 2 aromatic rings. The van der Waals surface area contributed by atoms with Crippen molar-refractivity contribution in [2.45, 2.75) is 13.5 Å². The molecule has 0 saturated heterocycles. The Labute approximate surface area is 149 Å². The third-order valence-electron chi connectivity index (χ3n) is 3.43. The Morgan fingerprint density at radius 1 is 1.35 bits per heavy atom. The van der Waals surface area contributed by atoms with Crippen LogP contribution in [0.25, 0.3) is 11.4 Å². The lowest BCUT2D eigenvalue weighted by molar-refractivity contribution is -0.384. The van der Waals surface area contributed by atoms with Crippen LogP contribution in [0, 0.1) is 10.1 Å². The summed E-state index contributed by atoms with van der Waals surface area (Å²) in [5.41, 5.74) is 0.581. The number of hydrogen-bond acceptors (Lipinski definition) is 9. The monoisotopic (exact) mass is 364 g/mol. The van der Waals surface area contributed by atoms with Crippen molar-refractivity contribution in [2.24, 2.45) is 0 Å². The second-order valence-corrected chi connectivity index (χ2v) is 5.32. The smallest absolute Gasteiger partial charge is 0.320 e. The number of methoxy groups -OCH3 is 1. The molecular formula is C16H20N4O6. The summed E-state index contributed by atoms with van der Waals surface area (Å²) in [5, 5.41) is 14.6. The number of nitro benzene ring substituents is 1. The van der Waals surface area contributed by atoms with Crippen molar-refractivity contribution in [2.75, 3.05) is 33.4 Å². The average Bonchev–Trinajstić information content (AvgIpc) is 3.08. The van der Waals surface area contributed by atoms with Crippen molar-refractivity contribution in [1.29, 1.82) is 0 Å². The minimum atomic E-state index is -0.478. The Bertz CT molecular complexity index is 731. The average molecular weight is 364 g/mol. The van der Waals surface area contributed by atoms with Gasteiger partial charge in [-0.15, -0.1) is 0 Å². The molecule has 10 heteroatoms. The van der Waals surface area contributed by atoms with Crippen LogP contribution in [0.15, 0.2) is 28.8 Å². The SMILES string of the molecule is CCOC(=O)CN(CCOC)Cc1nc(-c2ccc([N+](=O)[O-])cc2)no1. The molecular weight excluding hydrogens is 344 g/mol. The molecule has 140 valence electrons. The fourth-order valence-electron chi connectivity index (χ4n) is 2.18. The molecule has 0 atom stereocenters. The lowest BCUT2D eigenvalue weighted by atomic mass is 10.2. The number of carbonyl (C=O) groups is 1. The van der Waals surface area contributed by atoms with Gasteiger partial charge >= 0.3 is 5.97 Å². The minimum Gasteiger partial charge on any atom is -0.465 e. The Morgan fingerprint density at radius 2 is 2.08 bits per heavy atom. The predicted molar refractivity (Wildman–Crippen MR) is 90.2 cm³/mol. The van der Waals surface area contributed by atoms with E-state index in [-0.39, 0.29) is 24.7 Å². The Morgan fingerprint density at radius 3 is 2.69 bits per heavy atom. The summed E-state index contributed by atoms with van der Waals surface area (Å²) in [7, 11) is 1.57. The first-order chi connectivity index (χ1) is 12.5. The Kier molecular flexibility index (Phi) is 7.18. The molecule has 1 aromatic carbocycles. The molecule has 0 amide bonds. The topological polar surface area (TPSA) is 121 Å². The quantitative estimate of drug-likeness (QED) is 0.352. The van der Waals surface area contributed by atoms with E-state index in [1.54, 1.807) is 31.1 Å². The van der Waals surface area contributed by atoms with E-state index < -0.39 is 4.92 Å². The highest BCUT2D eigenvalue weighted by Crippen LogP contribution is 2.20. The number of hydrogen-bond donors (Lipinski definition) is 0. The van der Waals surface area contributed by atoms with Crippen molar-refractivity contribution in [3.63, 3.8) is 0 Å². The van der Waals surface area contributed by atoms with Crippen LogP contribution < -0.4 is 0 Å². The summed E-state index contributed by atoms with van der Waals surface area (Å²) in [6, 6.07) is 5.84. The van der Waals surface area contributed by atoms with Gasteiger partial charge in [0.2, 0.25) is 11.7 Å². The second kappa shape index (κ2) is 9.59. The van der Waals surface area contributed by atoms with Gasteiger partial charge in [0.05, 0.1) is 31.2 Å². The van der Waals surface area contributed by atoms with Gasteiger partial charge in [0.15, 0.2) is 0 Å². The number of nitrogens with zero attached hydrogens (tertiary/aromatic N) is 4. The predicted octanol–water partition coefficient (Wildman–Crippen LogP) is 1.66. The van der Waals surface area contributed by atoms with Crippen LogP contribution in [0.3, 0.4) is 0 Å². The maximum Gasteiger partial charge on any atom is 0.320 e. The van der Waals surface area contributed by atoms with Crippen LogP contribution in [0.5, 0.6) is 0 Å². The zero-order valence-corrected chi connectivity index (χ0v) is 14.6. The van der Waals surface area contributed by atoms with Crippen molar-refractivity contribution >= 4 is 11.7 Å². The molecule has 0 spiro atoms. The van der Waals surface area contributed by atoms with Gasteiger partial charge in [-0.3, -0.25) is 19.8 Å². The molecule has 0 bridgehead atoms. The number of non-ortho nitro benzene ring substituents is 1. The third-order valence-corrected chi connectivity index (χ3v) is 3.43. The number of rotatable bonds is 10. The first-order valence-electron chi connectivity index (χ1n) is 7.97. The maximum atomic E-state index is 11.7. The zero-order valence-electron chi connectivity index (χ0n) is 14.6. The lowest BCUT2D eigenvalue weighted by Gasteiger charge is -2.18. The molecule has 0 aliphatic heterocycles. The summed E-state index contributed by atoms with van der Waals surface area (Å²) in [5.74, 6) is 0.287. The lowest BCUT2D eigenvalue weighted by Crippen LogP contribution is -2.33. The number of ether oxygens (including phenoxy) is 2. The van der Waals surface area contributed by atoms with E-state index in [0.717, 1.165) is 0 Å². The number of esters is 1. The van der Waals surface area contributed by atoms with E-state index in [2.05, 4.69) is 10.1 Å². The molecule has 0 radical (unpaired) electrons.